The van der Waals surface area contributed by atoms with E-state index in [-0.39, 0.29) is 6.42 Å². The maximum atomic E-state index is 13.1. The van der Waals surface area contributed by atoms with Crippen LogP contribution in [0, 0.1) is 0 Å². The lowest BCUT2D eigenvalue weighted by Crippen LogP contribution is -2.43. The number of hydrogen-bond acceptors (Lipinski definition) is 2. The second kappa shape index (κ2) is 5.76. The van der Waals surface area contributed by atoms with E-state index in [4.69, 9.17) is 0 Å². The van der Waals surface area contributed by atoms with E-state index < -0.39 is 5.92 Å². The molecule has 1 aliphatic rings. The first-order chi connectivity index (χ1) is 8.54. The summed E-state index contributed by atoms with van der Waals surface area (Å²) < 4.78 is 26.3. The smallest absolute Gasteiger partial charge is 0.249 e. The van der Waals surface area contributed by atoms with Crippen LogP contribution in [0.15, 0.2) is 24.3 Å². The van der Waals surface area contributed by atoms with Crippen LogP contribution in [0.5, 0.6) is 0 Å². The van der Waals surface area contributed by atoms with Gasteiger partial charge in [-0.05, 0) is 18.1 Å². The molecule has 0 radical (unpaired) electrons. The third kappa shape index (κ3) is 4.03. The molecular formula is C14H20F2N2. The highest BCUT2D eigenvalue weighted by atomic mass is 19.3. The maximum absolute atomic E-state index is 13.1. The predicted octanol–water partition coefficient (Wildman–Crippen LogP) is 2.29. The fourth-order valence-corrected chi connectivity index (χ4v) is 2.33. The van der Waals surface area contributed by atoms with Gasteiger partial charge in [0.05, 0.1) is 0 Å². The van der Waals surface area contributed by atoms with E-state index in [9.17, 15) is 8.78 Å². The number of benzene rings is 1. The van der Waals surface area contributed by atoms with Gasteiger partial charge in [-0.1, -0.05) is 24.3 Å². The Kier molecular flexibility index (Phi) is 4.30. The largest absolute Gasteiger partial charge is 0.314 e. The van der Waals surface area contributed by atoms with Crippen molar-refractivity contribution in [2.45, 2.75) is 25.8 Å². The lowest BCUT2D eigenvalue weighted by molar-refractivity contribution is 0.0222. The van der Waals surface area contributed by atoms with Crippen molar-refractivity contribution in [3.63, 3.8) is 0 Å². The summed E-state index contributed by atoms with van der Waals surface area (Å²) in [7, 11) is 0. The summed E-state index contributed by atoms with van der Waals surface area (Å²) in [6.45, 7) is 5.68. The molecule has 1 N–H and O–H groups in total. The van der Waals surface area contributed by atoms with Crippen LogP contribution in [-0.2, 0) is 13.0 Å². The Labute approximate surface area is 107 Å². The Morgan fingerprint density at radius 1 is 1.17 bits per heavy atom. The predicted molar refractivity (Wildman–Crippen MR) is 68.9 cm³/mol. The number of piperazine rings is 1. The maximum Gasteiger partial charge on any atom is 0.249 e. The zero-order valence-electron chi connectivity index (χ0n) is 10.8. The van der Waals surface area contributed by atoms with Gasteiger partial charge >= 0.3 is 0 Å². The highest BCUT2D eigenvalue weighted by Crippen LogP contribution is 2.22. The molecule has 0 aromatic heterocycles. The van der Waals surface area contributed by atoms with Crippen LogP contribution < -0.4 is 5.32 Å². The fraction of sp³-hybridized carbons (Fsp3) is 0.571. The van der Waals surface area contributed by atoms with Gasteiger partial charge in [-0.2, -0.15) is 0 Å². The van der Waals surface area contributed by atoms with E-state index in [0.717, 1.165) is 50.8 Å². The molecule has 2 nitrogen and oxygen atoms in total. The molecule has 1 fully saturated rings. The summed E-state index contributed by atoms with van der Waals surface area (Å²) in [5.74, 6) is -2.64. The van der Waals surface area contributed by atoms with Crippen LogP contribution in [0.3, 0.4) is 0 Å². The average Bonchev–Trinajstić information content (AvgIpc) is 2.31. The molecule has 0 aliphatic carbocycles. The highest BCUT2D eigenvalue weighted by molar-refractivity contribution is 5.28. The van der Waals surface area contributed by atoms with Gasteiger partial charge in [0, 0.05) is 39.1 Å². The first-order valence-electron chi connectivity index (χ1n) is 6.42. The minimum absolute atomic E-state index is 0.171. The molecule has 0 amide bonds. The quantitative estimate of drug-likeness (QED) is 0.887. The van der Waals surface area contributed by atoms with Gasteiger partial charge < -0.3 is 5.32 Å². The molecule has 1 heterocycles. The van der Waals surface area contributed by atoms with Crippen LogP contribution in [0.25, 0.3) is 0 Å². The summed E-state index contributed by atoms with van der Waals surface area (Å²) in [6, 6.07) is 7.54. The summed E-state index contributed by atoms with van der Waals surface area (Å²) in [5.41, 5.74) is 1.80. The Morgan fingerprint density at radius 2 is 1.78 bits per heavy atom. The monoisotopic (exact) mass is 254 g/mol. The molecule has 0 spiro atoms. The van der Waals surface area contributed by atoms with E-state index in [1.165, 1.54) is 0 Å². The van der Waals surface area contributed by atoms with Crippen molar-refractivity contribution in [2.24, 2.45) is 0 Å². The van der Waals surface area contributed by atoms with Crippen LogP contribution in [-0.4, -0.2) is 37.0 Å². The van der Waals surface area contributed by atoms with Crippen molar-refractivity contribution < 1.29 is 8.78 Å². The average molecular weight is 254 g/mol. The molecule has 1 aromatic carbocycles. The highest BCUT2D eigenvalue weighted by Gasteiger charge is 2.23. The number of halogens is 2. The van der Waals surface area contributed by atoms with Gasteiger partial charge in [0.1, 0.15) is 0 Å². The number of nitrogens with one attached hydrogen (secondary N) is 1. The van der Waals surface area contributed by atoms with Gasteiger partial charge in [0.25, 0.3) is 0 Å². The molecule has 100 valence electrons. The van der Waals surface area contributed by atoms with Crippen molar-refractivity contribution in [3.05, 3.63) is 35.4 Å². The van der Waals surface area contributed by atoms with E-state index in [2.05, 4.69) is 10.2 Å². The summed E-state index contributed by atoms with van der Waals surface area (Å²) in [5, 5.41) is 3.29. The molecule has 0 bridgehead atoms. The summed E-state index contributed by atoms with van der Waals surface area (Å²) in [4.78, 5) is 2.31. The van der Waals surface area contributed by atoms with Crippen LogP contribution in [0.1, 0.15) is 18.1 Å². The molecule has 2 rings (SSSR count). The van der Waals surface area contributed by atoms with E-state index >= 15 is 0 Å². The van der Waals surface area contributed by atoms with E-state index in [1.807, 2.05) is 24.3 Å². The van der Waals surface area contributed by atoms with Crippen molar-refractivity contribution in [1.82, 2.24) is 10.2 Å². The van der Waals surface area contributed by atoms with Gasteiger partial charge in [-0.3, -0.25) is 4.90 Å². The molecule has 1 aromatic rings. The molecular weight excluding hydrogens is 234 g/mol. The Balaban J connectivity index is 2.06. The molecule has 0 saturated carbocycles. The molecule has 1 aliphatic heterocycles. The molecule has 0 atom stereocenters. The van der Waals surface area contributed by atoms with Gasteiger partial charge in [0.2, 0.25) is 5.92 Å². The van der Waals surface area contributed by atoms with Crippen LogP contribution >= 0.6 is 0 Å². The summed E-state index contributed by atoms with van der Waals surface area (Å²) >= 11 is 0. The fourth-order valence-electron chi connectivity index (χ4n) is 2.33. The lowest BCUT2D eigenvalue weighted by atomic mass is 10.0. The van der Waals surface area contributed by atoms with Gasteiger partial charge in [-0.15, -0.1) is 0 Å². The van der Waals surface area contributed by atoms with Crippen molar-refractivity contribution in [3.8, 4) is 0 Å². The topological polar surface area (TPSA) is 15.3 Å². The minimum atomic E-state index is -2.64. The SMILES string of the molecule is CC(F)(F)Cc1ccccc1CN1CCNCC1. The Hall–Kier alpha value is -1.00. The van der Waals surface area contributed by atoms with Crippen molar-refractivity contribution >= 4 is 0 Å². The molecule has 1 saturated heterocycles. The van der Waals surface area contributed by atoms with E-state index in [1.54, 1.807) is 0 Å². The zero-order valence-corrected chi connectivity index (χ0v) is 10.8. The van der Waals surface area contributed by atoms with E-state index in [0.29, 0.717) is 0 Å². The number of rotatable bonds is 4. The normalized spacial score (nSPS) is 17.9. The summed E-state index contributed by atoms with van der Waals surface area (Å²) in [6.07, 6.45) is -0.171. The Bertz CT molecular complexity index is 382. The standard InChI is InChI=1S/C14H20F2N2/c1-14(15,16)10-12-4-2-3-5-13(12)11-18-8-6-17-7-9-18/h2-5,17H,6-11H2,1H3. The number of nitrogens with zero attached hydrogens (tertiary/aromatic N) is 1. The first kappa shape index (κ1) is 13.4. The zero-order chi connectivity index (χ0) is 13.0. The molecule has 18 heavy (non-hydrogen) atoms. The molecule has 0 unspecified atom stereocenters. The second-order valence-corrected chi connectivity index (χ2v) is 5.04. The first-order valence-corrected chi connectivity index (χ1v) is 6.42. The third-order valence-electron chi connectivity index (χ3n) is 3.22. The second-order valence-electron chi connectivity index (χ2n) is 5.04. The number of alkyl halides is 2. The van der Waals surface area contributed by atoms with Crippen molar-refractivity contribution in [1.29, 1.82) is 0 Å². The number of hydrogen-bond donors (Lipinski definition) is 1. The van der Waals surface area contributed by atoms with Gasteiger partial charge in [0.15, 0.2) is 0 Å². The van der Waals surface area contributed by atoms with Crippen molar-refractivity contribution in [2.75, 3.05) is 26.2 Å². The Morgan fingerprint density at radius 3 is 2.39 bits per heavy atom. The lowest BCUT2D eigenvalue weighted by Gasteiger charge is -2.28. The molecule has 4 heteroatoms. The third-order valence-corrected chi connectivity index (χ3v) is 3.22. The minimum Gasteiger partial charge on any atom is -0.314 e. The van der Waals surface area contributed by atoms with Gasteiger partial charge in [-0.25, -0.2) is 8.78 Å². The van der Waals surface area contributed by atoms with Crippen LogP contribution in [0.2, 0.25) is 0 Å². The van der Waals surface area contributed by atoms with Crippen LogP contribution in [0.4, 0.5) is 8.78 Å².